The Morgan fingerprint density at radius 3 is 2.83 bits per heavy atom. The van der Waals surface area contributed by atoms with Crippen LogP contribution in [0.4, 0.5) is 5.69 Å². The Kier molecular flexibility index (Phi) is 3.65. The fourth-order valence-corrected chi connectivity index (χ4v) is 2.45. The van der Waals surface area contributed by atoms with E-state index in [2.05, 4.69) is 0 Å². The van der Waals surface area contributed by atoms with Crippen molar-refractivity contribution < 1.29 is 14.7 Å². The van der Waals surface area contributed by atoms with Crippen LogP contribution in [-0.4, -0.2) is 23.5 Å². The van der Waals surface area contributed by atoms with E-state index >= 15 is 0 Å². The van der Waals surface area contributed by atoms with Crippen molar-refractivity contribution in [1.29, 1.82) is 0 Å². The molecule has 1 amide bonds. The maximum absolute atomic E-state index is 12.1. The molecule has 1 heterocycles. The van der Waals surface area contributed by atoms with Gasteiger partial charge in [0.05, 0.1) is 6.42 Å². The lowest BCUT2D eigenvalue weighted by atomic mass is 9.98. The molecular weight excluding hydrogens is 230 g/mol. The molecule has 18 heavy (non-hydrogen) atoms. The number of fused-ring (bicyclic) bond motifs is 1. The van der Waals surface area contributed by atoms with Gasteiger partial charge in [-0.05, 0) is 30.9 Å². The number of hydrogen-bond donors (Lipinski definition) is 1. The topological polar surface area (TPSA) is 57.6 Å². The van der Waals surface area contributed by atoms with E-state index in [0.29, 0.717) is 6.54 Å². The van der Waals surface area contributed by atoms with Crippen molar-refractivity contribution in [3.05, 3.63) is 29.3 Å². The molecule has 0 aromatic heterocycles. The van der Waals surface area contributed by atoms with Gasteiger partial charge >= 0.3 is 5.97 Å². The standard InChI is InChI=1S/C14H17NO3/c1-10-4-2-5-11-6-3-9-15(14(10)11)12(16)7-8-13(17)18/h2,4-5H,3,6-9H2,1H3,(H,17,18). The number of carbonyl (C=O) groups is 2. The first kappa shape index (κ1) is 12.6. The number of carboxylic acids is 1. The first-order valence-electron chi connectivity index (χ1n) is 6.20. The van der Waals surface area contributed by atoms with Crippen molar-refractivity contribution in [3.8, 4) is 0 Å². The third-order valence-electron chi connectivity index (χ3n) is 3.27. The normalized spacial score (nSPS) is 14.2. The van der Waals surface area contributed by atoms with Crippen molar-refractivity contribution in [1.82, 2.24) is 0 Å². The highest BCUT2D eigenvalue weighted by atomic mass is 16.4. The van der Waals surface area contributed by atoms with Crippen molar-refractivity contribution in [2.45, 2.75) is 32.6 Å². The number of anilines is 1. The molecule has 1 aromatic rings. The van der Waals surface area contributed by atoms with Gasteiger partial charge in [-0.25, -0.2) is 0 Å². The van der Waals surface area contributed by atoms with Gasteiger partial charge in [0.1, 0.15) is 0 Å². The van der Waals surface area contributed by atoms with Gasteiger partial charge in [-0.1, -0.05) is 18.2 Å². The quantitative estimate of drug-likeness (QED) is 0.890. The largest absolute Gasteiger partial charge is 0.481 e. The molecule has 0 radical (unpaired) electrons. The fourth-order valence-electron chi connectivity index (χ4n) is 2.45. The molecule has 0 unspecified atom stereocenters. The van der Waals surface area contributed by atoms with Gasteiger partial charge in [-0.2, -0.15) is 0 Å². The number of carbonyl (C=O) groups excluding carboxylic acids is 1. The lowest BCUT2D eigenvalue weighted by Gasteiger charge is -2.31. The summed E-state index contributed by atoms with van der Waals surface area (Å²) >= 11 is 0. The molecule has 96 valence electrons. The Labute approximate surface area is 106 Å². The molecule has 0 saturated heterocycles. The van der Waals surface area contributed by atoms with E-state index in [-0.39, 0.29) is 18.7 Å². The molecule has 1 aliphatic heterocycles. The van der Waals surface area contributed by atoms with Gasteiger partial charge in [0.2, 0.25) is 5.91 Å². The summed E-state index contributed by atoms with van der Waals surface area (Å²) in [6, 6.07) is 6.03. The van der Waals surface area contributed by atoms with Crippen molar-refractivity contribution in [2.75, 3.05) is 11.4 Å². The lowest BCUT2D eigenvalue weighted by molar-refractivity contribution is -0.138. The minimum absolute atomic E-state index is 0.0725. The number of para-hydroxylation sites is 1. The zero-order valence-corrected chi connectivity index (χ0v) is 10.5. The van der Waals surface area contributed by atoms with Crippen LogP contribution in [0.1, 0.15) is 30.4 Å². The average molecular weight is 247 g/mol. The summed E-state index contributed by atoms with van der Waals surface area (Å²) in [5, 5.41) is 8.64. The highest BCUT2D eigenvalue weighted by Crippen LogP contribution is 2.30. The first-order valence-corrected chi connectivity index (χ1v) is 6.20. The minimum Gasteiger partial charge on any atom is -0.481 e. The Morgan fingerprint density at radius 2 is 2.11 bits per heavy atom. The smallest absolute Gasteiger partial charge is 0.303 e. The second-order valence-electron chi connectivity index (χ2n) is 4.63. The number of aliphatic carboxylic acids is 1. The van der Waals surface area contributed by atoms with Gasteiger partial charge in [-0.3, -0.25) is 9.59 Å². The summed E-state index contributed by atoms with van der Waals surface area (Å²) in [5.41, 5.74) is 3.25. The highest BCUT2D eigenvalue weighted by Gasteiger charge is 2.23. The molecule has 0 bridgehead atoms. The summed E-state index contributed by atoms with van der Waals surface area (Å²) in [7, 11) is 0. The summed E-state index contributed by atoms with van der Waals surface area (Å²) < 4.78 is 0. The van der Waals surface area contributed by atoms with E-state index in [1.807, 2.05) is 25.1 Å². The zero-order chi connectivity index (χ0) is 13.1. The van der Waals surface area contributed by atoms with E-state index in [0.717, 1.165) is 24.1 Å². The van der Waals surface area contributed by atoms with Crippen LogP contribution in [-0.2, 0) is 16.0 Å². The number of hydrogen-bond acceptors (Lipinski definition) is 2. The molecule has 2 rings (SSSR count). The molecular formula is C14H17NO3. The number of benzene rings is 1. The molecule has 0 spiro atoms. The van der Waals surface area contributed by atoms with Crippen LogP contribution in [0.15, 0.2) is 18.2 Å². The Hall–Kier alpha value is -1.84. The molecule has 1 N–H and O–H groups in total. The third kappa shape index (κ3) is 2.53. The fraction of sp³-hybridized carbons (Fsp3) is 0.429. The summed E-state index contributed by atoms with van der Waals surface area (Å²) in [6.07, 6.45) is 1.90. The first-order chi connectivity index (χ1) is 8.59. The molecule has 0 fully saturated rings. The predicted octanol–water partition coefficient (Wildman–Crippen LogP) is 2.14. The Morgan fingerprint density at radius 1 is 1.33 bits per heavy atom. The second kappa shape index (κ2) is 5.21. The van der Waals surface area contributed by atoms with E-state index < -0.39 is 5.97 Å². The number of rotatable bonds is 3. The predicted molar refractivity (Wildman–Crippen MR) is 68.7 cm³/mol. The number of amides is 1. The Balaban J connectivity index is 2.21. The number of nitrogens with zero attached hydrogens (tertiary/aromatic N) is 1. The van der Waals surface area contributed by atoms with Crippen molar-refractivity contribution in [2.24, 2.45) is 0 Å². The minimum atomic E-state index is -0.926. The van der Waals surface area contributed by atoms with E-state index in [1.54, 1.807) is 4.90 Å². The van der Waals surface area contributed by atoms with Crippen LogP contribution in [0, 0.1) is 6.92 Å². The maximum atomic E-state index is 12.1. The van der Waals surface area contributed by atoms with Crippen LogP contribution >= 0.6 is 0 Å². The SMILES string of the molecule is Cc1cccc2c1N(C(=O)CCC(=O)O)CCC2. The van der Waals surface area contributed by atoms with Crippen molar-refractivity contribution >= 4 is 17.6 Å². The molecule has 1 aromatic carbocycles. The van der Waals surface area contributed by atoms with Crippen LogP contribution in [0.2, 0.25) is 0 Å². The molecule has 4 heteroatoms. The number of aryl methyl sites for hydroxylation is 2. The molecule has 0 aliphatic carbocycles. The van der Waals surface area contributed by atoms with E-state index in [9.17, 15) is 9.59 Å². The van der Waals surface area contributed by atoms with Crippen LogP contribution < -0.4 is 4.90 Å². The lowest BCUT2D eigenvalue weighted by Crippen LogP contribution is -2.36. The van der Waals surface area contributed by atoms with Crippen LogP contribution in [0.3, 0.4) is 0 Å². The van der Waals surface area contributed by atoms with Gasteiger partial charge in [-0.15, -0.1) is 0 Å². The molecule has 1 aliphatic rings. The summed E-state index contributed by atoms with van der Waals surface area (Å²) in [6.45, 7) is 2.68. The van der Waals surface area contributed by atoms with Crippen LogP contribution in [0.5, 0.6) is 0 Å². The number of carboxylic acid groups (broad SMARTS) is 1. The second-order valence-corrected chi connectivity index (χ2v) is 4.63. The van der Waals surface area contributed by atoms with Crippen molar-refractivity contribution in [3.63, 3.8) is 0 Å². The third-order valence-corrected chi connectivity index (χ3v) is 3.27. The zero-order valence-electron chi connectivity index (χ0n) is 10.5. The molecule has 0 saturated carbocycles. The maximum Gasteiger partial charge on any atom is 0.303 e. The average Bonchev–Trinajstić information content (AvgIpc) is 2.35. The van der Waals surface area contributed by atoms with Gasteiger partial charge in [0.25, 0.3) is 0 Å². The summed E-state index contributed by atoms with van der Waals surface area (Å²) in [4.78, 5) is 24.4. The molecule has 0 atom stereocenters. The monoisotopic (exact) mass is 247 g/mol. The highest BCUT2D eigenvalue weighted by molar-refractivity contribution is 5.96. The van der Waals surface area contributed by atoms with Crippen LogP contribution in [0.25, 0.3) is 0 Å². The summed E-state index contributed by atoms with van der Waals surface area (Å²) in [5.74, 6) is -1.02. The van der Waals surface area contributed by atoms with E-state index in [1.165, 1.54) is 5.56 Å². The van der Waals surface area contributed by atoms with Gasteiger partial charge < -0.3 is 10.0 Å². The van der Waals surface area contributed by atoms with Gasteiger partial charge in [0, 0.05) is 18.7 Å². The Bertz CT molecular complexity index is 482. The van der Waals surface area contributed by atoms with E-state index in [4.69, 9.17) is 5.11 Å². The van der Waals surface area contributed by atoms with Gasteiger partial charge in [0.15, 0.2) is 0 Å². The molecule has 4 nitrogen and oxygen atoms in total.